The van der Waals surface area contributed by atoms with Crippen molar-refractivity contribution in [2.75, 3.05) is 4.90 Å². The maximum atomic E-state index is 3.06. The molecule has 0 unspecified atom stereocenters. The van der Waals surface area contributed by atoms with Gasteiger partial charge in [0.05, 0.1) is 0 Å². The fourth-order valence-corrected chi connectivity index (χ4v) is 7.21. The third-order valence-corrected chi connectivity index (χ3v) is 10.2. The molecular formula is C54H37N. The highest BCUT2D eigenvalue weighted by Gasteiger charge is 2.14. The Balaban J connectivity index is 1.02. The molecule has 258 valence electrons. The van der Waals surface area contributed by atoms with E-state index in [-0.39, 0.29) is 0 Å². The normalized spacial score (nSPS) is 10.8. The van der Waals surface area contributed by atoms with Crippen LogP contribution in [0, 0.1) is 12.1 Å². The summed E-state index contributed by atoms with van der Waals surface area (Å²) in [6, 6.07) is 86.1. The van der Waals surface area contributed by atoms with Crippen LogP contribution in [0.1, 0.15) is 0 Å². The molecule has 9 aromatic rings. The fourth-order valence-electron chi connectivity index (χ4n) is 7.21. The Hall–Kier alpha value is -7.40. The number of anilines is 3. The van der Waals surface area contributed by atoms with Crippen molar-refractivity contribution in [1.82, 2.24) is 0 Å². The predicted molar refractivity (Wildman–Crippen MR) is 231 cm³/mol. The minimum absolute atomic E-state index is 1.09. The zero-order valence-corrected chi connectivity index (χ0v) is 30.3. The summed E-state index contributed by atoms with van der Waals surface area (Å²) in [4.78, 5) is 2.33. The van der Waals surface area contributed by atoms with E-state index >= 15 is 0 Å². The molecule has 0 saturated heterocycles. The van der Waals surface area contributed by atoms with Crippen LogP contribution < -0.4 is 4.90 Å². The SMILES string of the molecule is c1ccc(-c2ccc(-c3ccc(N(c4ccc(-c5ccc(-c6ccccc6)cc5)cc4)c4ccc(-c5ccc(-c6ccccc6)cc5)cc4)cc3)cc2)cc#1. The quantitative estimate of drug-likeness (QED) is 0.145. The van der Waals surface area contributed by atoms with Crippen molar-refractivity contribution < 1.29 is 0 Å². The van der Waals surface area contributed by atoms with Gasteiger partial charge in [-0.05, 0) is 121 Å². The summed E-state index contributed by atoms with van der Waals surface area (Å²) in [5.41, 5.74) is 17.6. The monoisotopic (exact) mass is 699 g/mol. The van der Waals surface area contributed by atoms with Gasteiger partial charge in [-0.15, -0.1) is 0 Å². The van der Waals surface area contributed by atoms with Crippen LogP contribution in [0.15, 0.2) is 224 Å². The zero-order valence-electron chi connectivity index (χ0n) is 30.3. The molecule has 0 N–H and O–H groups in total. The maximum Gasteiger partial charge on any atom is 0.0462 e. The summed E-state index contributed by atoms with van der Waals surface area (Å²) in [7, 11) is 0. The molecule has 0 saturated carbocycles. The topological polar surface area (TPSA) is 3.24 Å². The van der Waals surface area contributed by atoms with Crippen molar-refractivity contribution in [3.63, 3.8) is 0 Å². The molecule has 1 heteroatoms. The van der Waals surface area contributed by atoms with E-state index in [0.717, 1.165) is 22.6 Å². The van der Waals surface area contributed by atoms with Crippen LogP contribution in [-0.4, -0.2) is 0 Å². The summed E-state index contributed by atoms with van der Waals surface area (Å²) in [6.07, 6.45) is 0. The van der Waals surface area contributed by atoms with Crippen LogP contribution in [-0.2, 0) is 0 Å². The third-order valence-electron chi connectivity index (χ3n) is 10.2. The highest BCUT2D eigenvalue weighted by Crippen LogP contribution is 2.38. The average molecular weight is 700 g/mol. The first-order valence-corrected chi connectivity index (χ1v) is 18.7. The van der Waals surface area contributed by atoms with Gasteiger partial charge in [-0.25, -0.2) is 0 Å². The first kappa shape index (κ1) is 33.4. The van der Waals surface area contributed by atoms with Crippen LogP contribution in [0.5, 0.6) is 0 Å². The van der Waals surface area contributed by atoms with E-state index in [1.807, 2.05) is 12.1 Å². The van der Waals surface area contributed by atoms with Gasteiger partial charge in [-0.3, -0.25) is 0 Å². The van der Waals surface area contributed by atoms with Crippen molar-refractivity contribution in [3.05, 3.63) is 237 Å². The van der Waals surface area contributed by atoms with Gasteiger partial charge in [0.25, 0.3) is 0 Å². The molecule has 0 radical (unpaired) electrons. The van der Waals surface area contributed by atoms with E-state index in [9.17, 15) is 0 Å². The molecule has 0 atom stereocenters. The zero-order chi connectivity index (χ0) is 36.8. The molecule has 9 aromatic carbocycles. The lowest BCUT2D eigenvalue weighted by molar-refractivity contribution is 1.28. The molecule has 0 fully saturated rings. The van der Waals surface area contributed by atoms with E-state index < -0.39 is 0 Å². The average Bonchev–Trinajstić information content (AvgIpc) is 3.28. The summed E-state index contributed by atoms with van der Waals surface area (Å²) < 4.78 is 0. The van der Waals surface area contributed by atoms with Crippen LogP contribution in [0.25, 0.3) is 66.8 Å². The molecule has 0 aromatic heterocycles. The Morgan fingerprint density at radius 3 is 0.745 bits per heavy atom. The second-order valence-corrected chi connectivity index (χ2v) is 13.7. The summed E-state index contributed by atoms with van der Waals surface area (Å²) in [6.45, 7) is 0. The molecule has 0 bridgehead atoms. The van der Waals surface area contributed by atoms with Crippen molar-refractivity contribution in [1.29, 1.82) is 0 Å². The van der Waals surface area contributed by atoms with Crippen LogP contribution in [0.2, 0.25) is 0 Å². The van der Waals surface area contributed by atoms with Crippen LogP contribution >= 0.6 is 0 Å². The highest BCUT2D eigenvalue weighted by molar-refractivity contribution is 5.82. The lowest BCUT2D eigenvalue weighted by Crippen LogP contribution is -2.09. The number of benzene rings is 8. The Kier molecular flexibility index (Phi) is 9.30. The minimum Gasteiger partial charge on any atom is -0.311 e. The van der Waals surface area contributed by atoms with Gasteiger partial charge in [0.1, 0.15) is 0 Å². The van der Waals surface area contributed by atoms with Gasteiger partial charge in [0.2, 0.25) is 0 Å². The van der Waals surface area contributed by atoms with Crippen LogP contribution in [0.4, 0.5) is 17.1 Å². The van der Waals surface area contributed by atoms with Crippen molar-refractivity contribution in [3.8, 4) is 66.8 Å². The molecule has 0 aliphatic carbocycles. The van der Waals surface area contributed by atoms with Crippen molar-refractivity contribution in [2.45, 2.75) is 0 Å². The largest absolute Gasteiger partial charge is 0.311 e. The van der Waals surface area contributed by atoms with Gasteiger partial charge >= 0.3 is 0 Å². The third kappa shape index (κ3) is 7.31. The van der Waals surface area contributed by atoms with Crippen LogP contribution in [0.3, 0.4) is 0 Å². The van der Waals surface area contributed by atoms with E-state index in [2.05, 4.69) is 229 Å². The Labute approximate surface area is 324 Å². The first-order valence-electron chi connectivity index (χ1n) is 18.7. The Morgan fingerprint density at radius 2 is 0.473 bits per heavy atom. The summed E-state index contributed by atoms with van der Waals surface area (Å²) in [5.74, 6) is 0. The number of hydrogen-bond donors (Lipinski definition) is 0. The Bertz CT molecular complexity index is 2290. The standard InChI is InChI=1S/C54H37N/c1-4-10-40(11-5-1)43-16-22-46(23-17-43)49-28-34-52(35-29-49)55(53-36-30-50(31-37-53)47-24-18-44(19-25-47)41-12-6-2-7-13-41)54-38-32-51(33-39-54)48-26-20-45(21-27-48)42-14-8-3-9-15-42/h1-2,4-8,10-39H. The molecule has 0 spiro atoms. The smallest absolute Gasteiger partial charge is 0.0462 e. The molecule has 1 nitrogen and oxygen atoms in total. The van der Waals surface area contributed by atoms with Gasteiger partial charge in [0, 0.05) is 17.1 Å². The molecule has 0 aliphatic heterocycles. The highest BCUT2D eigenvalue weighted by atomic mass is 15.1. The second-order valence-electron chi connectivity index (χ2n) is 13.7. The summed E-state index contributed by atoms with van der Waals surface area (Å²) in [5, 5.41) is 0. The second kappa shape index (κ2) is 15.3. The van der Waals surface area contributed by atoms with Gasteiger partial charge in [-0.1, -0.05) is 182 Å². The molecule has 0 aliphatic rings. The van der Waals surface area contributed by atoms with Crippen molar-refractivity contribution in [2.24, 2.45) is 0 Å². The lowest BCUT2D eigenvalue weighted by atomic mass is 9.99. The van der Waals surface area contributed by atoms with Gasteiger partial charge < -0.3 is 4.90 Å². The number of rotatable bonds is 9. The van der Waals surface area contributed by atoms with Gasteiger partial charge in [-0.2, -0.15) is 0 Å². The first-order chi connectivity index (χ1) is 27.2. The lowest BCUT2D eigenvalue weighted by Gasteiger charge is -2.26. The van der Waals surface area contributed by atoms with E-state index in [1.54, 1.807) is 0 Å². The number of hydrogen-bond acceptors (Lipinski definition) is 1. The van der Waals surface area contributed by atoms with E-state index in [1.165, 1.54) is 61.2 Å². The minimum atomic E-state index is 1.09. The molecule has 0 heterocycles. The van der Waals surface area contributed by atoms with Gasteiger partial charge in [0.15, 0.2) is 0 Å². The predicted octanol–water partition coefficient (Wildman–Crippen LogP) is 14.8. The van der Waals surface area contributed by atoms with Crippen molar-refractivity contribution >= 4 is 17.1 Å². The van der Waals surface area contributed by atoms with E-state index in [0.29, 0.717) is 0 Å². The molecule has 0 amide bonds. The molecule has 9 rings (SSSR count). The Morgan fingerprint density at radius 1 is 0.218 bits per heavy atom. The van der Waals surface area contributed by atoms with E-state index in [4.69, 9.17) is 0 Å². The fraction of sp³-hybridized carbons (Fsp3) is 0. The molecule has 55 heavy (non-hydrogen) atoms. The summed E-state index contributed by atoms with van der Waals surface area (Å²) >= 11 is 0. The molecular weight excluding hydrogens is 663 g/mol. The number of nitrogens with zero attached hydrogens (tertiary/aromatic N) is 1. The maximum absolute atomic E-state index is 3.06.